The number of hydrogen-bond acceptors (Lipinski definition) is 5. The Kier molecular flexibility index (Phi) is 6.33. The molecule has 0 saturated heterocycles. The predicted molar refractivity (Wildman–Crippen MR) is 84.6 cm³/mol. The van der Waals surface area contributed by atoms with Crippen LogP contribution in [0.25, 0.3) is 0 Å². The van der Waals surface area contributed by atoms with Crippen LogP contribution in [0.2, 0.25) is 10.3 Å². The molecule has 6 nitrogen and oxygen atoms in total. The molecule has 0 N–H and O–H groups in total. The summed E-state index contributed by atoms with van der Waals surface area (Å²) in [6.45, 7) is 4.00. The Bertz CT molecular complexity index is 620. The van der Waals surface area contributed by atoms with E-state index in [1.165, 1.54) is 18.3 Å². The summed E-state index contributed by atoms with van der Waals surface area (Å²) in [5.41, 5.74) is 0.714. The summed E-state index contributed by atoms with van der Waals surface area (Å²) in [4.78, 5) is 19.6. The van der Waals surface area contributed by atoms with Gasteiger partial charge in [0.2, 0.25) is 5.28 Å². The maximum Gasteiger partial charge on any atom is 0.269 e. The summed E-state index contributed by atoms with van der Waals surface area (Å²) < 4.78 is 0. The molecule has 0 spiro atoms. The number of benzene rings is 1. The highest BCUT2D eigenvalue weighted by Crippen LogP contribution is 2.29. The second-order valence-corrected chi connectivity index (χ2v) is 4.39. The summed E-state index contributed by atoms with van der Waals surface area (Å²) in [6.07, 6.45) is 1.40. The lowest BCUT2D eigenvalue weighted by Crippen LogP contribution is -2.12. The molecule has 1 heterocycles. The number of nitro groups is 1. The zero-order chi connectivity index (χ0) is 16.0. The Hall–Kier alpha value is -1.92. The molecular weight excluding hydrogens is 315 g/mol. The maximum atomic E-state index is 10.6. The summed E-state index contributed by atoms with van der Waals surface area (Å²) in [5.74, 6) is 0.426. The summed E-state index contributed by atoms with van der Waals surface area (Å²) in [5, 5.41) is 11.0. The molecule has 112 valence electrons. The molecule has 8 heteroatoms. The first kappa shape index (κ1) is 17.1. The SMILES string of the molecule is CC.CN(c1ccc([N+](=O)[O-])cc1)c1nc(Cl)ncc1Cl. The number of hydrogen-bond donors (Lipinski definition) is 0. The minimum Gasteiger partial charge on any atom is -0.328 e. The Balaban J connectivity index is 0.00000106. The molecule has 0 unspecified atom stereocenters. The third-order valence-corrected chi connectivity index (χ3v) is 2.91. The van der Waals surface area contributed by atoms with Crippen LogP contribution in [0, 0.1) is 10.1 Å². The lowest BCUT2D eigenvalue weighted by molar-refractivity contribution is -0.384. The second kappa shape index (κ2) is 7.75. The highest BCUT2D eigenvalue weighted by molar-refractivity contribution is 6.33. The van der Waals surface area contributed by atoms with E-state index < -0.39 is 4.92 Å². The van der Waals surface area contributed by atoms with Crippen LogP contribution in [-0.2, 0) is 0 Å². The van der Waals surface area contributed by atoms with Crippen molar-refractivity contribution in [1.82, 2.24) is 9.97 Å². The molecule has 0 aliphatic carbocycles. The van der Waals surface area contributed by atoms with Crippen LogP contribution in [0.3, 0.4) is 0 Å². The fourth-order valence-corrected chi connectivity index (χ4v) is 1.84. The summed E-state index contributed by atoms with van der Waals surface area (Å²) in [6, 6.07) is 6.01. The molecule has 0 fully saturated rings. The first-order valence-corrected chi connectivity index (χ1v) is 6.91. The molecule has 0 radical (unpaired) electrons. The lowest BCUT2D eigenvalue weighted by atomic mass is 10.2. The minimum absolute atomic E-state index is 0.0176. The van der Waals surface area contributed by atoms with Gasteiger partial charge in [-0.25, -0.2) is 4.98 Å². The number of halogens is 2. The lowest BCUT2D eigenvalue weighted by Gasteiger charge is -2.19. The highest BCUT2D eigenvalue weighted by Gasteiger charge is 2.13. The summed E-state index contributed by atoms with van der Waals surface area (Å²) in [7, 11) is 1.73. The number of anilines is 2. The maximum absolute atomic E-state index is 10.6. The van der Waals surface area contributed by atoms with Gasteiger partial charge in [-0.3, -0.25) is 10.1 Å². The predicted octanol–water partition coefficient (Wildman–Crippen LogP) is 4.49. The Morgan fingerprint density at radius 1 is 1.19 bits per heavy atom. The van der Waals surface area contributed by atoms with Gasteiger partial charge in [-0.05, 0) is 23.7 Å². The molecule has 0 aliphatic rings. The van der Waals surface area contributed by atoms with E-state index in [1.807, 2.05) is 13.8 Å². The van der Waals surface area contributed by atoms with Gasteiger partial charge in [-0.2, -0.15) is 4.98 Å². The van der Waals surface area contributed by atoms with Crippen LogP contribution in [0.1, 0.15) is 13.8 Å². The van der Waals surface area contributed by atoms with Crippen molar-refractivity contribution in [3.8, 4) is 0 Å². The molecular formula is C13H14Cl2N4O2. The topological polar surface area (TPSA) is 72.2 Å². The van der Waals surface area contributed by atoms with E-state index in [0.29, 0.717) is 16.5 Å². The van der Waals surface area contributed by atoms with Crippen molar-refractivity contribution < 1.29 is 4.92 Å². The van der Waals surface area contributed by atoms with Crippen LogP contribution < -0.4 is 4.90 Å². The van der Waals surface area contributed by atoms with Crippen molar-refractivity contribution in [2.24, 2.45) is 0 Å². The zero-order valence-electron chi connectivity index (χ0n) is 11.7. The fourth-order valence-electron chi connectivity index (χ4n) is 1.49. The van der Waals surface area contributed by atoms with Crippen LogP contribution >= 0.6 is 23.2 Å². The number of non-ortho nitro benzene ring substituents is 1. The first-order valence-electron chi connectivity index (χ1n) is 6.15. The average Bonchev–Trinajstić information content (AvgIpc) is 2.51. The van der Waals surface area contributed by atoms with Crippen molar-refractivity contribution in [2.75, 3.05) is 11.9 Å². The molecule has 0 amide bonds. The van der Waals surface area contributed by atoms with Gasteiger partial charge in [-0.1, -0.05) is 25.4 Å². The Morgan fingerprint density at radius 2 is 1.76 bits per heavy atom. The third-order valence-electron chi connectivity index (χ3n) is 2.46. The van der Waals surface area contributed by atoms with Gasteiger partial charge in [-0.15, -0.1) is 0 Å². The number of aromatic nitrogens is 2. The highest BCUT2D eigenvalue weighted by atomic mass is 35.5. The minimum atomic E-state index is -0.460. The number of nitrogens with zero attached hydrogens (tertiary/aromatic N) is 4. The molecule has 1 aromatic heterocycles. The van der Waals surface area contributed by atoms with Gasteiger partial charge in [0.1, 0.15) is 5.02 Å². The van der Waals surface area contributed by atoms with E-state index in [-0.39, 0.29) is 11.0 Å². The van der Waals surface area contributed by atoms with Crippen LogP contribution in [0.4, 0.5) is 17.2 Å². The smallest absolute Gasteiger partial charge is 0.269 e. The molecule has 0 saturated carbocycles. The molecule has 0 bridgehead atoms. The monoisotopic (exact) mass is 328 g/mol. The van der Waals surface area contributed by atoms with Crippen molar-refractivity contribution in [3.05, 3.63) is 50.9 Å². The molecule has 2 rings (SSSR count). The van der Waals surface area contributed by atoms with Crippen LogP contribution in [0.15, 0.2) is 30.5 Å². The fraction of sp³-hybridized carbons (Fsp3) is 0.231. The van der Waals surface area contributed by atoms with Crippen molar-refractivity contribution in [2.45, 2.75) is 13.8 Å². The molecule has 21 heavy (non-hydrogen) atoms. The van der Waals surface area contributed by atoms with E-state index in [2.05, 4.69) is 9.97 Å². The molecule has 0 atom stereocenters. The van der Waals surface area contributed by atoms with Gasteiger partial charge < -0.3 is 4.90 Å². The quantitative estimate of drug-likeness (QED) is 0.471. The number of nitro benzene ring substituents is 1. The van der Waals surface area contributed by atoms with Crippen LogP contribution in [0.5, 0.6) is 0 Å². The Morgan fingerprint density at radius 3 is 2.29 bits per heavy atom. The molecule has 0 aliphatic heterocycles. The van der Waals surface area contributed by atoms with E-state index >= 15 is 0 Å². The summed E-state index contributed by atoms with van der Waals surface area (Å²) >= 11 is 11.7. The number of rotatable bonds is 3. The van der Waals surface area contributed by atoms with E-state index in [9.17, 15) is 10.1 Å². The van der Waals surface area contributed by atoms with E-state index in [4.69, 9.17) is 23.2 Å². The van der Waals surface area contributed by atoms with E-state index in [1.54, 1.807) is 24.1 Å². The third kappa shape index (κ3) is 4.27. The second-order valence-electron chi connectivity index (χ2n) is 3.64. The van der Waals surface area contributed by atoms with E-state index in [0.717, 1.165) is 0 Å². The van der Waals surface area contributed by atoms with Gasteiger partial charge in [0.25, 0.3) is 5.69 Å². The largest absolute Gasteiger partial charge is 0.328 e. The first-order chi connectivity index (χ1) is 9.99. The van der Waals surface area contributed by atoms with Crippen molar-refractivity contribution in [1.29, 1.82) is 0 Å². The van der Waals surface area contributed by atoms with Gasteiger partial charge in [0.15, 0.2) is 5.82 Å². The van der Waals surface area contributed by atoms with Gasteiger partial charge in [0.05, 0.1) is 11.1 Å². The molecule has 2 aromatic rings. The average molecular weight is 329 g/mol. The van der Waals surface area contributed by atoms with Gasteiger partial charge in [0, 0.05) is 24.9 Å². The molecule has 1 aromatic carbocycles. The van der Waals surface area contributed by atoms with Crippen molar-refractivity contribution in [3.63, 3.8) is 0 Å². The van der Waals surface area contributed by atoms with Crippen molar-refractivity contribution >= 4 is 40.4 Å². The van der Waals surface area contributed by atoms with Crippen LogP contribution in [-0.4, -0.2) is 21.9 Å². The Labute approximate surface area is 132 Å². The van der Waals surface area contributed by atoms with Gasteiger partial charge >= 0.3 is 0 Å². The normalized spacial score (nSPS) is 9.57. The zero-order valence-corrected chi connectivity index (χ0v) is 13.3. The standard InChI is InChI=1S/C11H8Cl2N4O2.C2H6/c1-16(10-9(12)6-14-11(13)15-10)7-2-4-8(5-3-7)17(18)19;1-2/h2-6H,1H3;1-2H3.